The number of hydrogen-bond acceptors (Lipinski definition) is 7. The van der Waals surface area contributed by atoms with E-state index in [2.05, 4.69) is 26.8 Å². The van der Waals surface area contributed by atoms with E-state index < -0.39 is 0 Å². The molecule has 9 nitrogen and oxygen atoms in total. The van der Waals surface area contributed by atoms with E-state index in [1.807, 2.05) is 26.0 Å². The van der Waals surface area contributed by atoms with Crippen LogP contribution in [0.4, 0.5) is 5.82 Å². The third-order valence-corrected chi connectivity index (χ3v) is 4.17. The smallest absolute Gasteiger partial charge is 0.290 e. The number of aryl methyl sites for hydroxylation is 2. The molecule has 1 aliphatic heterocycles. The molecule has 3 rings (SSSR count). The minimum absolute atomic E-state index is 0.250. The minimum atomic E-state index is -0.250. The van der Waals surface area contributed by atoms with Crippen molar-refractivity contribution >= 4 is 18.8 Å². The highest BCUT2D eigenvalue weighted by Crippen LogP contribution is 2.25. The van der Waals surface area contributed by atoms with Crippen molar-refractivity contribution < 1.29 is 24.5 Å². The molecule has 0 aliphatic carbocycles. The van der Waals surface area contributed by atoms with E-state index in [-0.39, 0.29) is 19.0 Å². The zero-order chi connectivity index (χ0) is 20.9. The van der Waals surface area contributed by atoms with Crippen molar-refractivity contribution in [2.75, 3.05) is 18.0 Å². The summed E-state index contributed by atoms with van der Waals surface area (Å²) in [6, 6.07) is 3.82. The highest BCUT2D eigenvalue weighted by molar-refractivity contribution is 5.48. The largest absolute Gasteiger partial charge is 0.490 e. The molecule has 28 heavy (non-hydrogen) atoms. The van der Waals surface area contributed by atoms with Crippen LogP contribution >= 0.6 is 0 Å². The molecule has 0 atom stereocenters. The van der Waals surface area contributed by atoms with Crippen LogP contribution in [-0.2, 0) is 9.59 Å². The van der Waals surface area contributed by atoms with Gasteiger partial charge in [0.1, 0.15) is 23.5 Å². The molecule has 1 aliphatic rings. The highest BCUT2D eigenvalue weighted by atomic mass is 16.5. The molecular formula is C19H26N4O5. The summed E-state index contributed by atoms with van der Waals surface area (Å²) in [6.45, 7) is 7.53. The molecule has 0 saturated carbocycles. The summed E-state index contributed by atoms with van der Waals surface area (Å²) in [6.07, 6.45) is 5.80. The summed E-state index contributed by atoms with van der Waals surface area (Å²) in [5, 5.41) is 13.8. The molecule has 152 valence electrons. The molecule has 2 aromatic rings. The second-order valence-corrected chi connectivity index (χ2v) is 6.00. The molecule has 2 aromatic heterocycles. The Labute approximate surface area is 164 Å². The average Bonchev–Trinajstić information content (AvgIpc) is 2.67. The maximum atomic E-state index is 8.36. The van der Waals surface area contributed by atoms with Gasteiger partial charge in [-0.1, -0.05) is 0 Å². The summed E-state index contributed by atoms with van der Waals surface area (Å²) in [4.78, 5) is 32.1. The van der Waals surface area contributed by atoms with Gasteiger partial charge in [-0.15, -0.1) is 0 Å². The van der Waals surface area contributed by atoms with Crippen LogP contribution in [0.15, 0.2) is 24.5 Å². The Balaban J connectivity index is 0.000000582. The van der Waals surface area contributed by atoms with Gasteiger partial charge in [0.05, 0.1) is 0 Å². The SMILES string of the molecule is Cc1nc(C)c(C)c(N2CCC(Oc3ccncc3)CC2)n1.O=CO.O=CO. The monoisotopic (exact) mass is 390 g/mol. The summed E-state index contributed by atoms with van der Waals surface area (Å²) >= 11 is 0. The van der Waals surface area contributed by atoms with E-state index >= 15 is 0 Å². The van der Waals surface area contributed by atoms with Gasteiger partial charge in [0, 0.05) is 49.6 Å². The maximum Gasteiger partial charge on any atom is 0.290 e. The Morgan fingerprint density at radius 2 is 1.57 bits per heavy atom. The van der Waals surface area contributed by atoms with Crippen molar-refractivity contribution in [2.24, 2.45) is 0 Å². The van der Waals surface area contributed by atoms with E-state index in [0.717, 1.165) is 49.0 Å². The predicted octanol–water partition coefficient (Wildman–Crippen LogP) is 2.25. The zero-order valence-electron chi connectivity index (χ0n) is 16.3. The number of ether oxygens (including phenoxy) is 1. The van der Waals surface area contributed by atoms with E-state index in [4.69, 9.17) is 24.5 Å². The Morgan fingerprint density at radius 3 is 2.11 bits per heavy atom. The molecule has 3 heterocycles. The Kier molecular flexibility index (Phi) is 9.95. The Morgan fingerprint density at radius 1 is 1.04 bits per heavy atom. The molecule has 0 aromatic carbocycles. The topological polar surface area (TPSA) is 126 Å². The first-order valence-electron chi connectivity index (χ1n) is 8.76. The maximum absolute atomic E-state index is 8.36. The van der Waals surface area contributed by atoms with Crippen molar-refractivity contribution in [2.45, 2.75) is 39.7 Å². The fourth-order valence-electron chi connectivity index (χ4n) is 2.85. The molecule has 9 heteroatoms. The summed E-state index contributed by atoms with van der Waals surface area (Å²) in [5.74, 6) is 2.82. The lowest BCUT2D eigenvalue weighted by atomic mass is 10.1. The van der Waals surface area contributed by atoms with Crippen LogP contribution in [0.5, 0.6) is 5.75 Å². The molecule has 0 spiro atoms. The van der Waals surface area contributed by atoms with E-state index in [9.17, 15) is 0 Å². The van der Waals surface area contributed by atoms with E-state index in [1.165, 1.54) is 5.56 Å². The van der Waals surface area contributed by atoms with Gasteiger partial charge in [-0.05, 0) is 32.9 Å². The lowest BCUT2D eigenvalue weighted by Crippen LogP contribution is -2.39. The van der Waals surface area contributed by atoms with Crippen LogP contribution in [0.1, 0.15) is 29.9 Å². The number of piperidine rings is 1. The number of anilines is 1. The molecule has 1 fully saturated rings. The molecule has 0 bridgehead atoms. The lowest BCUT2D eigenvalue weighted by Gasteiger charge is -2.34. The average molecular weight is 390 g/mol. The second-order valence-electron chi connectivity index (χ2n) is 6.00. The molecule has 1 saturated heterocycles. The number of hydrogen-bond donors (Lipinski definition) is 2. The lowest BCUT2D eigenvalue weighted by molar-refractivity contribution is -0.123. The van der Waals surface area contributed by atoms with Crippen molar-refractivity contribution in [3.63, 3.8) is 0 Å². The summed E-state index contributed by atoms with van der Waals surface area (Å²) in [5.41, 5.74) is 2.25. The van der Waals surface area contributed by atoms with Gasteiger partial charge in [0.25, 0.3) is 12.9 Å². The summed E-state index contributed by atoms with van der Waals surface area (Å²) < 4.78 is 6.02. The summed E-state index contributed by atoms with van der Waals surface area (Å²) in [7, 11) is 0. The van der Waals surface area contributed by atoms with Crippen molar-refractivity contribution in [1.82, 2.24) is 15.0 Å². The number of rotatable bonds is 3. The predicted molar refractivity (Wildman–Crippen MR) is 104 cm³/mol. The second kappa shape index (κ2) is 12.2. The molecule has 0 radical (unpaired) electrons. The Hall–Kier alpha value is -3.23. The zero-order valence-corrected chi connectivity index (χ0v) is 16.3. The van der Waals surface area contributed by atoms with Gasteiger partial charge >= 0.3 is 0 Å². The number of carboxylic acid groups (broad SMARTS) is 2. The van der Waals surface area contributed by atoms with Gasteiger partial charge in [-0.25, -0.2) is 9.97 Å². The fourth-order valence-corrected chi connectivity index (χ4v) is 2.85. The normalized spacial score (nSPS) is 13.3. The van der Waals surface area contributed by atoms with Gasteiger partial charge in [-0.2, -0.15) is 0 Å². The molecule has 0 unspecified atom stereocenters. The minimum Gasteiger partial charge on any atom is -0.490 e. The van der Waals surface area contributed by atoms with Crippen LogP contribution in [0.25, 0.3) is 0 Å². The van der Waals surface area contributed by atoms with Crippen molar-refractivity contribution in [1.29, 1.82) is 0 Å². The third kappa shape index (κ3) is 7.18. The van der Waals surface area contributed by atoms with Crippen LogP contribution in [0, 0.1) is 20.8 Å². The van der Waals surface area contributed by atoms with Gasteiger partial charge in [0.15, 0.2) is 0 Å². The van der Waals surface area contributed by atoms with Crippen molar-refractivity contribution in [3.8, 4) is 5.75 Å². The fraction of sp³-hybridized carbons (Fsp3) is 0.421. The molecular weight excluding hydrogens is 364 g/mol. The number of carbonyl (C=O) groups is 2. The number of aromatic nitrogens is 3. The van der Waals surface area contributed by atoms with E-state index in [0.29, 0.717) is 0 Å². The Bertz CT molecular complexity index is 729. The quantitative estimate of drug-likeness (QED) is 0.759. The van der Waals surface area contributed by atoms with Gasteiger partial charge < -0.3 is 19.8 Å². The first kappa shape index (κ1) is 22.8. The third-order valence-electron chi connectivity index (χ3n) is 4.17. The van der Waals surface area contributed by atoms with Gasteiger partial charge in [0.2, 0.25) is 0 Å². The van der Waals surface area contributed by atoms with Crippen molar-refractivity contribution in [3.05, 3.63) is 41.6 Å². The molecule has 2 N–H and O–H groups in total. The standard InChI is InChI=1S/C17H22N4O.2CH2O2/c1-12-13(2)19-14(3)20-17(12)21-10-6-16(7-11-21)22-15-4-8-18-9-5-15;2*2-1-3/h4-5,8-9,16H,6-7,10-11H2,1-3H3;2*1H,(H,2,3). The first-order chi connectivity index (χ1) is 13.5. The number of nitrogens with zero attached hydrogens (tertiary/aromatic N) is 4. The van der Waals surface area contributed by atoms with E-state index in [1.54, 1.807) is 12.4 Å². The van der Waals surface area contributed by atoms with Gasteiger partial charge in [-0.3, -0.25) is 14.6 Å². The first-order valence-corrected chi connectivity index (χ1v) is 8.76. The number of pyridine rings is 1. The van der Waals surface area contributed by atoms with Crippen LogP contribution in [0.2, 0.25) is 0 Å². The highest BCUT2D eigenvalue weighted by Gasteiger charge is 2.23. The van der Waals surface area contributed by atoms with Crippen LogP contribution in [0.3, 0.4) is 0 Å². The van der Waals surface area contributed by atoms with Crippen LogP contribution in [-0.4, -0.2) is 57.3 Å². The van der Waals surface area contributed by atoms with Crippen LogP contribution < -0.4 is 9.64 Å². The molecule has 0 amide bonds.